The fourth-order valence-electron chi connectivity index (χ4n) is 0.684. The van der Waals surface area contributed by atoms with Crippen molar-refractivity contribution in [3.8, 4) is 0 Å². The molecule has 1 heterocycles. The van der Waals surface area contributed by atoms with Crippen LogP contribution in [0.5, 0.6) is 0 Å². The number of hydrogen-bond donors (Lipinski definition) is 0. The van der Waals surface area contributed by atoms with Gasteiger partial charge in [0.25, 0.3) is 0 Å². The third-order valence-electron chi connectivity index (χ3n) is 1.08. The summed E-state index contributed by atoms with van der Waals surface area (Å²) in [5.74, 6) is 0. The Morgan fingerprint density at radius 1 is 1.18 bits per heavy atom. The molecule has 0 radical (unpaired) electrons. The monoisotopic (exact) mass is 155 g/mol. The van der Waals surface area contributed by atoms with Crippen LogP contribution in [0.15, 0.2) is 4.99 Å². The van der Waals surface area contributed by atoms with Crippen LogP contribution in [0.1, 0.15) is 47.5 Å². The molecule has 0 spiro atoms. The number of rotatable bonds is 0. The molecule has 66 valence electrons. The van der Waals surface area contributed by atoms with Gasteiger partial charge < -0.3 is 0 Å². The van der Waals surface area contributed by atoms with E-state index in [1.165, 1.54) is 18.6 Å². The Morgan fingerprint density at radius 2 is 1.64 bits per heavy atom. The molecular weight excluding hydrogens is 134 g/mol. The molecule has 0 atom stereocenters. The smallest absolute Gasteiger partial charge is 0.0392 e. The zero-order valence-electron chi connectivity index (χ0n) is 8.57. The van der Waals surface area contributed by atoms with Gasteiger partial charge in [-0.15, -0.1) is 0 Å². The van der Waals surface area contributed by atoms with Crippen LogP contribution in [0.2, 0.25) is 0 Å². The van der Waals surface area contributed by atoms with E-state index in [4.69, 9.17) is 0 Å². The summed E-state index contributed by atoms with van der Waals surface area (Å²) < 4.78 is 0. The average Bonchev–Trinajstić information content (AvgIpc) is 2.12. The highest BCUT2D eigenvalue weighted by atomic mass is 14.7. The van der Waals surface area contributed by atoms with Crippen LogP contribution >= 0.6 is 0 Å². The summed E-state index contributed by atoms with van der Waals surface area (Å²) in [6.07, 6.45) is 2.52. The Bertz CT molecular complexity index is 122. The third kappa shape index (κ3) is 12.8. The molecule has 0 fully saturated rings. The van der Waals surface area contributed by atoms with Crippen molar-refractivity contribution >= 4 is 5.71 Å². The lowest BCUT2D eigenvalue weighted by Crippen LogP contribution is -1.93. The Balaban J connectivity index is 0.000000187. The molecule has 0 aliphatic carbocycles. The second-order valence-corrected chi connectivity index (χ2v) is 4.72. The van der Waals surface area contributed by atoms with Crippen LogP contribution < -0.4 is 0 Å². The van der Waals surface area contributed by atoms with Crippen LogP contribution in [-0.2, 0) is 0 Å². The van der Waals surface area contributed by atoms with Gasteiger partial charge in [0.15, 0.2) is 0 Å². The van der Waals surface area contributed by atoms with Gasteiger partial charge in [-0.1, -0.05) is 27.7 Å². The molecule has 1 aliphatic heterocycles. The van der Waals surface area contributed by atoms with Crippen molar-refractivity contribution < 1.29 is 0 Å². The van der Waals surface area contributed by atoms with Gasteiger partial charge in [0.1, 0.15) is 0 Å². The fraction of sp³-hybridized carbons (Fsp3) is 0.900. The Labute approximate surface area is 70.9 Å². The maximum Gasteiger partial charge on any atom is 0.0392 e. The van der Waals surface area contributed by atoms with Crippen LogP contribution in [-0.4, -0.2) is 12.3 Å². The highest BCUT2D eigenvalue weighted by Crippen LogP contribution is 2.08. The van der Waals surface area contributed by atoms with E-state index in [0.29, 0.717) is 5.41 Å². The lowest BCUT2D eigenvalue weighted by molar-refractivity contribution is 0.469. The van der Waals surface area contributed by atoms with E-state index in [1.54, 1.807) is 0 Å². The maximum absolute atomic E-state index is 4.15. The molecule has 0 unspecified atom stereocenters. The molecule has 0 amide bonds. The summed E-state index contributed by atoms with van der Waals surface area (Å²) >= 11 is 0. The highest BCUT2D eigenvalue weighted by molar-refractivity contribution is 5.83. The lowest BCUT2D eigenvalue weighted by atomic mass is 10.0. The van der Waals surface area contributed by atoms with Crippen LogP contribution in [0.25, 0.3) is 0 Å². The lowest BCUT2D eigenvalue weighted by Gasteiger charge is -2.05. The van der Waals surface area contributed by atoms with Gasteiger partial charge >= 0.3 is 0 Å². The van der Waals surface area contributed by atoms with E-state index >= 15 is 0 Å². The van der Waals surface area contributed by atoms with Crippen molar-refractivity contribution in [2.24, 2.45) is 10.4 Å². The summed E-state index contributed by atoms with van der Waals surface area (Å²) in [7, 11) is 0. The molecule has 1 aliphatic rings. The van der Waals surface area contributed by atoms with Gasteiger partial charge in [0, 0.05) is 12.3 Å². The molecule has 0 aromatic rings. The first-order chi connectivity index (χ1) is 4.89. The number of aliphatic imine (C=N–C) groups is 1. The van der Waals surface area contributed by atoms with Crippen molar-refractivity contribution in [1.82, 2.24) is 0 Å². The van der Waals surface area contributed by atoms with Gasteiger partial charge in [-0.3, -0.25) is 4.99 Å². The number of hydrogen-bond acceptors (Lipinski definition) is 1. The topological polar surface area (TPSA) is 12.4 Å². The second-order valence-electron chi connectivity index (χ2n) is 4.72. The van der Waals surface area contributed by atoms with Crippen molar-refractivity contribution in [3.63, 3.8) is 0 Å². The Hall–Kier alpha value is -0.330. The minimum absolute atomic E-state index is 0.500. The highest BCUT2D eigenvalue weighted by Gasteiger charge is 1.96. The summed E-state index contributed by atoms with van der Waals surface area (Å²) in [5.41, 5.74) is 1.83. The van der Waals surface area contributed by atoms with Gasteiger partial charge in [-0.25, -0.2) is 0 Å². The van der Waals surface area contributed by atoms with E-state index in [2.05, 4.69) is 39.6 Å². The molecule has 0 N–H and O–H groups in total. The van der Waals surface area contributed by atoms with Crippen LogP contribution in [0.3, 0.4) is 0 Å². The summed E-state index contributed by atoms with van der Waals surface area (Å²) in [6, 6.07) is 0. The Kier molecular flexibility index (Phi) is 4.39. The van der Waals surface area contributed by atoms with Gasteiger partial charge in [-0.2, -0.15) is 0 Å². The second kappa shape index (κ2) is 4.53. The molecule has 0 bridgehead atoms. The first kappa shape index (κ1) is 10.7. The molecule has 0 saturated heterocycles. The van der Waals surface area contributed by atoms with E-state index < -0.39 is 0 Å². The predicted octanol–water partition coefficient (Wildman–Crippen LogP) is 3.29. The fourth-order valence-corrected chi connectivity index (χ4v) is 0.684. The van der Waals surface area contributed by atoms with Gasteiger partial charge in [0.05, 0.1) is 0 Å². The van der Waals surface area contributed by atoms with Crippen molar-refractivity contribution in [2.45, 2.75) is 47.5 Å². The standard InChI is InChI=1S/C5H9N.C5H12/c1-5-3-2-4-6-5;1-5(2,3)4/h2-4H2,1H3;1-4H3. The zero-order chi connectivity index (χ0) is 8.91. The molecule has 1 heteroatoms. The molecule has 1 nitrogen and oxygen atoms in total. The average molecular weight is 155 g/mol. The SMILES string of the molecule is CC(C)(C)C.CC1=NCCC1. The predicted molar refractivity (Wildman–Crippen MR) is 52.3 cm³/mol. The zero-order valence-corrected chi connectivity index (χ0v) is 8.57. The maximum atomic E-state index is 4.15. The molecule has 0 saturated carbocycles. The van der Waals surface area contributed by atoms with Crippen molar-refractivity contribution in [2.75, 3.05) is 6.54 Å². The summed E-state index contributed by atoms with van der Waals surface area (Å²) in [6.45, 7) is 11.9. The van der Waals surface area contributed by atoms with Crippen LogP contribution in [0.4, 0.5) is 0 Å². The molecular formula is C10H21N. The Morgan fingerprint density at radius 3 is 1.73 bits per heavy atom. The number of nitrogens with zero attached hydrogens (tertiary/aromatic N) is 1. The van der Waals surface area contributed by atoms with Crippen molar-refractivity contribution in [3.05, 3.63) is 0 Å². The summed E-state index contributed by atoms with van der Waals surface area (Å²) in [5, 5.41) is 0. The third-order valence-corrected chi connectivity index (χ3v) is 1.08. The first-order valence-electron chi connectivity index (χ1n) is 4.39. The minimum Gasteiger partial charge on any atom is -0.294 e. The normalized spacial score (nSPS) is 17.0. The first-order valence-corrected chi connectivity index (χ1v) is 4.39. The van der Waals surface area contributed by atoms with E-state index in [0.717, 1.165) is 6.54 Å². The van der Waals surface area contributed by atoms with Crippen LogP contribution in [0, 0.1) is 5.41 Å². The minimum atomic E-state index is 0.500. The molecule has 11 heavy (non-hydrogen) atoms. The van der Waals surface area contributed by atoms with Crippen molar-refractivity contribution in [1.29, 1.82) is 0 Å². The molecule has 0 aromatic carbocycles. The van der Waals surface area contributed by atoms with E-state index in [-0.39, 0.29) is 0 Å². The largest absolute Gasteiger partial charge is 0.294 e. The summed E-state index contributed by atoms with van der Waals surface area (Å²) in [4.78, 5) is 4.15. The quantitative estimate of drug-likeness (QED) is 0.509. The van der Waals surface area contributed by atoms with E-state index in [9.17, 15) is 0 Å². The van der Waals surface area contributed by atoms with Gasteiger partial charge in [-0.05, 0) is 25.2 Å². The van der Waals surface area contributed by atoms with E-state index in [1.807, 2.05) is 0 Å². The molecule has 0 aromatic heterocycles. The molecule has 1 rings (SSSR count). The van der Waals surface area contributed by atoms with Gasteiger partial charge in [0.2, 0.25) is 0 Å².